The van der Waals surface area contributed by atoms with Crippen LogP contribution in [0.4, 0.5) is 5.69 Å². The Bertz CT molecular complexity index is 1000. The lowest BCUT2D eigenvalue weighted by atomic mass is 9.89. The third-order valence-electron chi connectivity index (χ3n) is 4.74. The Kier molecular flexibility index (Phi) is 5.75. The van der Waals surface area contributed by atoms with Gasteiger partial charge in [-0.05, 0) is 32.0 Å². The highest BCUT2D eigenvalue weighted by molar-refractivity contribution is 7.92. The van der Waals surface area contributed by atoms with E-state index in [1.807, 2.05) is 38.1 Å². The summed E-state index contributed by atoms with van der Waals surface area (Å²) in [5.74, 6) is 0.842. The quantitative estimate of drug-likeness (QED) is 0.780. The predicted octanol–water partition coefficient (Wildman–Crippen LogP) is 2.88. The SMILES string of the molecule is COc1cccc(N(CC(=O)NC2CC(C)(C)Oc3ccccc32)S(C)(=O)=O)c1. The Morgan fingerprint density at radius 2 is 1.97 bits per heavy atom. The maximum Gasteiger partial charge on any atom is 0.241 e. The minimum atomic E-state index is -3.67. The average Bonchev–Trinajstić information content (AvgIpc) is 2.64. The number of anilines is 1. The maximum absolute atomic E-state index is 12.8. The van der Waals surface area contributed by atoms with Gasteiger partial charge in [0.25, 0.3) is 0 Å². The van der Waals surface area contributed by atoms with Gasteiger partial charge in [0.15, 0.2) is 0 Å². The molecule has 2 aromatic carbocycles. The number of para-hydroxylation sites is 1. The van der Waals surface area contributed by atoms with Gasteiger partial charge in [-0.25, -0.2) is 8.42 Å². The first-order valence-corrected chi connectivity index (χ1v) is 11.1. The normalized spacial score (nSPS) is 17.6. The average molecular weight is 419 g/mol. The molecule has 1 aliphatic rings. The summed E-state index contributed by atoms with van der Waals surface area (Å²) in [5, 5.41) is 2.98. The Balaban J connectivity index is 1.82. The fraction of sp³-hybridized carbons (Fsp3) is 0.381. The summed E-state index contributed by atoms with van der Waals surface area (Å²) in [4.78, 5) is 12.8. The van der Waals surface area contributed by atoms with E-state index in [1.165, 1.54) is 7.11 Å². The van der Waals surface area contributed by atoms with Crippen molar-refractivity contribution in [2.24, 2.45) is 0 Å². The molecule has 1 aliphatic heterocycles. The molecule has 0 spiro atoms. The Hall–Kier alpha value is -2.74. The highest BCUT2D eigenvalue weighted by Crippen LogP contribution is 2.39. The molecule has 0 aromatic heterocycles. The number of rotatable bonds is 6. The second-order valence-electron chi connectivity index (χ2n) is 7.69. The molecule has 1 heterocycles. The lowest BCUT2D eigenvalue weighted by molar-refractivity contribution is -0.120. The molecule has 1 amide bonds. The van der Waals surface area contributed by atoms with Crippen LogP contribution in [0.3, 0.4) is 0 Å². The van der Waals surface area contributed by atoms with Crippen LogP contribution >= 0.6 is 0 Å². The number of methoxy groups -OCH3 is 1. The second-order valence-corrected chi connectivity index (χ2v) is 9.60. The van der Waals surface area contributed by atoms with Crippen molar-refractivity contribution in [2.45, 2.75) is 31.9 Å². The summed E-state index contributed by atoms with van der Waals surface area (Å²) in [6, 6.07) is 13.9. The molecule has 0 radical (unpaired) electrons. The van der Waals surface area contributed by atoms with Crippen LogP contribution in [-0.2, 0) is 14.8 Å². The number of hydrogen-bond donors (Lipinski definition) is 1. The van der Waals surface area contributed by atoms with E-state index in [1.54, 1.807) is 24.3 Å². The van der Waals surface area contributed by atoms with Crippen LogP contribution in [0.25, 0.3) is 0 Å². The molecule has 1 atom stereocenters. The standard InChI is InChI=1S/C21H26N2O5S/c1-21(2)13-18(17-10-5-6-11-19(17)28-21)22-20(24)14-23(29(4,25)26)15-8-7-9-16(12-15)27-3/h5-12,18H,13-14H2,1-4H3,(H,22,24). The van der Waals surface area contributed by atoms with E-state index >= 15 is 0 Å². The number of sulfonamides is 1. The minimum absolute atomic E-state index is 0.269. The number of carbonyl (C=O) groups is 1. The fourth-order valence-corrected chi connectivity index (χ4v) is 4.32. The molecule has 2 aromatic rings. The van der Waals surface area contributed by atoms with Gasteiger partial charge in [-0.15, -0.1) is 0 Å². The summed E-state index contributed by atoms with van der Waals surface area (Å²) < 4.78 is 36.9. The van der Waals surface area contributed by atoms with Gasteiger partial charge in [0.1, 0.15) is 23.6 Å². The summed E-state index contributed by atoms with van der Waals surface area (Å²) in [5.41, 5.74) is 0.803. The van der Waals surface area contributed by atoms with Crippen molar-refractivity contribution in [3.8, 4) is 11.5 Å². The highest BCUT2D eigenvalue weighted by Gasteiger charge is 2.34. The lowest BCUT2D eigenvalue weighted by Crippen LogP contribution is -2.45. The number of fused-ring (bicyclic) bond motifs is 1. The Morgan fingerprint density at radius 1 is 1.24 bits per heavy atom. The Morgan fingerprint density at radius 3 is 2.66 bits per heavy atom. The lowest BCUT2D eigenvalue weighted by Gasteiger charge is -2.38. The first-order valence-electron chi connectivity index (χ1n) is 9.28. The van der Waals surface area contributed by atoms with Crippen LogP contribution in [0.15, 0.2) is 48.5 Å². The first kappa shape index (κ1) is 21.0. The van der Waals surface area contributed by atoms with Gasteiger partial charge >= 0.3 is 0 Å². The van der Waals surface area contributed by atoms with Crippen LogP contribution in [0.2, 0.25) is 0 Å². The fourth-order valence-electron chi connectivity index (χ4n) is 3.47. The van der Waals surface area contributed by atoms with Crippen LogP contribution < -0.4 is 19.1 Å². The summed E-state index contributed by atoms with van der Waals surface area (Å²) in [7, 11) is -2.17. The molecule has 0 fully saturated rings. The van der Waals surface area contributed by atoms with Crippen molar-refractivity contribution in [2.75, 3.05) is 24.2 Å². The van der Waals surface area contributed by atoms with E-state index in [2.05, 4.69) is 5.32 Å². The predicted molar refractivity (Wildman–Crippen MR) is 112 cm³/mol. The van der Waals surface area contributed by atoms with Crippen molar-refractivity contribution in [1.29, 1.82) is 0 Å². The van der Waals surface area contributed by atoms with Crippen LogP contribution in [-0.4, -0.2) is 39.8 Å². The molecule has 8 heteroatoms. The highest BCUT2D eigenvalue weighted by atomic mass is 32.2. The number of benzene rings is 2. The summed E-state index contributed by atoms with van der Waals surface area (Å²) in [6.07, 6.45) is 1.65. The molecule has 1 N–H and O–H groups in total. The molecule has 0 bridgehead atoms. The molecular weight excluding hydrogens is 392 g/mol. The van der Waals surface area contributed by atoms with Gasteiger partial charge in [-0.2, -0.15) is 0 Å². The zero-order valence-electron chi connectivity index (χ0n) is 17.0. The van der Waals surface area contributed by atoms with Crippen molar-refractivity contribution in [3.05, 3.63) is 54.1 Å². The number of carbonyl (C=O) groups excluding carboxylic acids is 1. The van der Waals surface area contributed by atoms with Gasteiger partial charge in [-0.3, -0.25) is 9.10 Å². The van der Waals surface area contributed by atoms with Gasteiger partial charge in [0, 0.05) is 18.1 Å². The molecule has 1 unspecified atom stereocenters. The van der Waals surface area contributed by atoms with E-state index in [9.17, 15) is 13.2 Å². The smallest absolute Gasteiger partial charge is 0.241 e. The van der Waals surface area contributed by atoms with E-state index < -0.39 is 21.5 Å². The number of hydrogen-bond acceptors (Lipinski definition) is 5. The molecule has 0 aliphatic carbocycles. The Labute approximate surface area is 171 Å². The van der Waals surface area contributed by atoms with E-state index in [0.29, 0.717) is 17.9 Å². The van der Waals surface area contributed by atoms with E-state index in [-0.39, 0.29) is 12.6 Å². The zero-order valence-corrected chi connectivity index (χ0v) is 17.8. The molecule has 0 saturated carbocycles. The zero-order chi connectivity index (χ0) is 21.2. The number of nitrogens with zero attached hydrogens (tertiary/aromatic N) is 1. The summed E-state index contributed by atoms with van der Waals surface area (Å²) in [6.45, 7) is 3.59. The largest absolute Gasteiger partial charge is 0.497 e. The molecule has 7 nitrogen and oxygen atoms in total. The van der Waals surface area contributed by atoms with Crippen molar-refractivity contribution in [1.82, 2.24) is 5.32 Å². The number of amides is 1. The van der Waals surface area contributed by atoms with Gasteiger partial charge < -0.3 is 14.8 Å². The maximum atomic E-state index is 12.8. The number of nitrogens with one attached hydrogen (secondary N) is 1. The van der Waals surface area contributed by atoms with Gasteiger partial charge in [0.2, 0.25) is 15.9 Å². The third kappa shape index (κ3) is 5.00. The summed E-state index contributed by atoms with van der Waals surface area (Å²) >= 11 is 0. The van der Waals surface area contributed by atoms with Gasteiger partial charge in [-0.1, -0.05) is 24.3 Å². The van der Waals surface area contributed by atoms with Crippen molar-refractivity contribution < 1.29 is 22.7 Å². The van der Waals surface area contributed by atoms with Crippen molar-refractivity contribution >= 4 is 21.6 Å². The van der Waals surface area contributed by atoms with Crippen molar-refractivity contribution in [3.63, 3.8) is 0 Å². The first-order chi connectivity index (χ1) is 13.6. The monoisotopic (exact) mass is 418 g/mol. The topological polar surface area (TPSA) is 84.9 Å². The molecule has 0 saturated heterocycles. The van der Waals surface area contributed by atoms with Crippen LogP contribution in [0.1, 0.15) is 31.9 Å². The second kappa shape index (κ2) is 7.94. The number of ether oxygens (including phenoxy) is 2. The molecule has 3 rings (SSSR count). The molecule has 29 heavy (non-hydrogen) atoms. The van der Waals surface area contributed by atoms with Gasteiger partial charge in [0.05, 0.1) is 25.1 Å². The van der Waals surface area contributed by atoms with E-state index in [4.69, 9.17) is 9.47 Å². The van der Waals surface area contributed by atoms with Crippen LogP contribution in [0.5, 0.6) is 11.5 Å². The molecular formula is C21H26N2O5S. The van der Waals surface area contributed by atoms with Crippen LogP contribution in [0, 0.1) is 0 Å². The molecule has 156 valence electrons. The van der Waals surface area contributed by atoms with E-state index in [0.717, 1.165) is 21.9 Å². The minimum Gasteiger partial charge on any atom is -0.497 e. The third-order valence-corrected chi connectivity index (χ3v) is 5.88.